The fourth-order valence-electron chi connectivity index (χ4n) is 3.41. The number of hydrogen-bond acceptors (Lipinski definition) is 4. The molecule has 7 heteroatoms. The van der Waals surface area contributed by atoms with Gasteiger partial charge in [0.15, 0.2) is 0 Å². The summed E-state index contributed by atoms with van der Waals surface area (Å²) in [5, 5.41) is 2.76. The zero-order valence-corrected chi connectivity index (χ0v) is 17.3. The maximum absolute atomic E-state index is 12.8. The predicted octanol–water partition coefficient (Wildman–Crippen LogP) is 3.06. The van der Waals surface area contributed by atoms with Gasteiger partial charge in [-0.3, -0.25) is 14.4 Å². The lowest BCUT2D eigenvalue weighted by atomic mass is 9.93. The Morgan fingerprint density at radius 3 is 2.47 bits per heavy atom. The average Bonchev–Trinajstić information content (AvgIpc) is 2.74. The van der Waals surface area contributed by atoms with Crippen LogP contribution in [0.2, 0.25) is 0 Å². The second-order valence-corrected chi connectivity index (χ2v) is 7.12. The van der Waals surface area contributed by atoms with Gasteiger partial charge in [0.2, 0.25) is 17.7 Å². The van der Waals surface area contributed by atoms with Gasteiger partial charge in [-0.15, -0.1) is 0 Å². The molecule has 0 aliphatic carbocycles. The molecule has 1 N–H and O–H groups in total. The van der Waals surface area contributed by atoms with E-state index in [1.54, 1.807) is 49.5 Å². The van der Waals surface area contributed by atoms with Crippen molar-refractivity contribution in [3.05, 3.63) is 65.9 Å². The van der Waals surface area contributed by atoms with Crippen molar-refractivity contribution in [2.45, 2.75) is 19.4 Å². The Kier molecular flexibility index (Phi) is 6.51. The number of nitrogens with one attached hydrogen (secondary N) is 1. The number of ether oxygens (including phenoxy) is 1. The van der Waals surface area contributed by atoms with E-state index in [1.807, 2.05) is 30.3 Å². The van der Waals surface area contributed by atoms with Gasteiger partial charge in [-0.25, -0.2) is 0 Å². The highest BCUT2D eigenvalue weighted by atomic mass is 16.5. The van der Waals surface area contributed by atoms with Gasteiger partial charge < -0.3 is 19.9 Å². The van der Waals surface area contributed by atoms with Gasteiger partial charge in [-0.1, -0.05) is 24.3 Å². The third-order valence-corrected chi connectivity index (χ3v) is 5.02. The van der Waals surface area contributed by atoms with Crippen LogP contribution < -0.4 is 10.1 Å². The SMILES string of the molecule is COc1ccc(NC(=O)CN(C)C(=O)CC2c3ccccc3C=CN2C(C)=O)cc1. The maximum atomic E-state index is 12.8. The lowest BCUT2D eigenvalue weighted by molar-refractivity contribution is -0.136. The molecule has 1 unspecified atom stereocenters. The summed E-state index contributed by atoms with van der Waals surface area (Å²) in [5.41, 5.74) is 2.52. The summed E-state index contributed by atoms with van der Waals surface area (Å²) < 4.78 is 5.09. The Morgan fingerprint density at radius 2 is 1.80 bits per heavy atom. The number of anilines is 1. The van der Waals surface area contributed by atoms with Crippen molar-refractivity contribution in [3.8, 4) is 5.75 Å². The number of methoxy groups -OCH3 is 1. The van der Waals surface area contributed by atoms with E-state index in [1.165, 1.54) is 11.8 Å². The molecule has 0 bridgehead atoms. The van der Waals surface area contributed by atoms with E-state index >= 15 is 0 Å². The fraction of sp³-hybridized carbons (Fsp3) is 0.261. The van der Waals surface area contributed by atoms with Crippen molar-refractivity contribution in [1.82, 2.24) is 9.80 Å². The molecule has 0 aromatic heterocycles. The number of carbonyl (C=O) groups is 3. The van der Waals surface area contributed by atoms with Gasteiger partial charge in [0, 0.05) is 25.9 Å². The molecule has 1 heterocycles. The summed E-state index contributed by atoms with van der Waals surface area (Å²) >= 11 is 0. The van der Waals surface area contributed by atoms with Gasteiger partial charge in [0.25, 0.3) is 0 Å². The first kappa shape index (κ1) is 21.1. The highest BCUT2D eigenvalue weighted by Gasteiger charge is 2.29. The van der Waals surface area contributed by atoms with Crippen molar-refractivity contribution in [3.63, 3.8) is 0 Å². The Labute approximate surface area is 175 Å². The Hall–Kier alpha value is -3.61. The molecule has 7 nitrogen and oxygen atoms in total. The molecule has 1 atom stereocenters. The first-order chi connectivity index (χ1) is 14.4. The monoisotopic (exact) mass is 407 g/mol. The molecular weight excluding hydrogens is 382 g/mol. The van der Waals surface area contributed by atoms with Crippen molar-refractivity contribution in [1.29, 1.82) is 0 Å². The Bertz CT molecular complexity index is 969. The topological polar surface area (TPSA) is 79.0 Å². The summed E-state index contributed by atoms with van der Waals surface area (Å²) in [7, 11) is 3.15. The number of amides is 3. The number of benzene rings is 2. The highest BCUT2D eigenvalue weighted by molar-refractivity contribution is 5.94. The lowest BCUT2D eigenvalue weighted by Gasteiger charge is -2.33. The standard InChI is InChI=1S/C23H25N3O4/c1-16(27)26-13-12-17-6-4-5-7-20(17)21(26)14-23(29)25(2)15-22(28)24-18-8-10-19(30-3)11-9-18/h4-13,21H,14-15H2,1-3H3,(H,24,28). The van der Waals surface area contributed by atoms with Gasteiger partial charge >= 0.3 is 0 Å². The smallest absolute Gasteiger partial charge is 0.243 e. The minimum Gasteiger partial charge on any atom is -0.497 e. The molecule has 156 valence electrons. The number of rotatable bonds is 6. The first-order valence-corrected chi connectivity index (χ1v) is 9.63. The van der Waals surface area contributed by atoms with Gasteiger partial charge in [0.05, 0.1) is 26.1 Å². The lowest BCUT2D eigenvalue weighted by Crippen LogP contribution is -2.39. The van der Waals surface area contributed by atoms with E-state index in [2.05, 4.69) is 5.32 Å². The molecule has 3 rings (SSSR count). The van der Waals surface area contributed by atoms with Crippen LogP contribution in [0.25, 0.3) is 6.08 Å². The third-order valence-electron chi connectivity index (χ3n) is 5.02. The van der Waals surface area contributed by atoms with Crippen LogP contribution in [-0.4, -0.2) is 48.2 Å². The van der Waals surface area contributed by atoms with Crippen molar-refractivity contribution >= 4 is 29.5 Å². The number of hydrogen-bond donors (Lipinski definition) is 1. The average molecular weight is 407 g/mol. The molecule has 3 amide bonds. The Morgan fingerprint density at radius 1 is 1.10 bits per heavy atom. The van der Waals surface area contributed by atoms with Crippen LogP contribution in [0.5, 0.6) is 5.75 Å². The molecule has 0 spiro atoms. The molecule has 0 radical (unpaired) electrons. The Balaban J connectivity index is 1.64. The molecular formula is C23H25N3O4. The van der Waals surface area contributed by atoms with E-state index in [-0.39, 0.29) is 30.7 Å². The predicted molar refractivity (Wildman–Crippen MR) is 115 cm³/mol. The number of carbonyl (C=O) groups excluding carboxylic acids is 3. The van der Waals surface area contributed by atoms with Gasteiger partial charge in [-0.05, 0) is 41.5 Å². The van der Waals surface area contributed by atoms with Crippen LogP contribution in [0.1, 0.15) is 30.5 Å². The van der Waals surface area contributed by atoms with E-state index in [9.17, 15) is 14.4 Å². The molecule has 0 saturated carbocycles. The summed E-state index contributed by atoms with van der Waals surface area (Å²) in [6.45, 7) is 1.39. The summed E-state index contributed by atoms with van der Waals surface area (Å²) in [4.78, 5) is 40.2. The molecule has 0 fully saturated rings. The van der Waals surface area contributed by atoms with Gasteiger partial charge in [0.1, 0.15) is 5.75 Å². The maximum Gasteiger partial charge on any atom is 0.243 e. The quantitative estimate of drug-likeness (QED) is 0.798. The summed E-state index contributed by atoms with van der Waals surface area (Å²) in [6, 6.07) is 14.2. The largest absolute Gasteiger partial charge is 0.497 e. The molecule has 1 aliphatic rings. The number of nitrogens with zero attached hydrogens (tertiary/aromatic N) is 2. The van der Waals surface area contributed by atoms with Crippen LogP contribution in [0.4, 0.5) is 5.69 Å². The number of likely N-dealkylation sites (N-methyl/N-ethyl adjacent to an activating group) is 1. The van der Waals surface area contributed by atoms with Crippen LogP contribution >= 0.6 is 0 Å². The number of fused-ring (bicyclic) bond motifs is 1. The molecule has 2 aromatic carbocycles. The van der Waals surface area contributed by atoms with Crippen molar-refractivity contribution in [2.75, 3.05) is 26.0 Å². The van der Waals surface area contributed by atoms with E-state index in [0.29, 0.717) is 11.4 Å². The first-order valence-electron chi connectivity index (χ1n) is 9.63. The van der Waals surface area contributed by atoms with Crippen molar-refractivity contribution in [2.24, 2.45) is 0 Å². The van der Waals surface area contributed by atoms with Crippen LogP contribution in [0, 0.1) is 0 Å². The van der Waals surface area contributed by atoms with Crippen LogP contribution in [-0.2, 0) is 14.4 Å². The zero-order valence-electron chi connectivity index (χ0n) is 17.3. The minimum absolute atomic E-state index is 0.0882. The summed E-state index contributed by atoms with van der Waals surface area (Å²) in [6.07, 6.45) is 3.66. The second-order valence-electron chi connectivity index (χ2n) is 7.12. The normalized spacial score (nSPS) is 14.6. The molecule has 30 heavy (non-hydrogen) atoms. The van der Waals surface area contributed by atoms with E-state index in [4.69, 9.17) is 4.74 Å². The molecule has 2 aromatic rings. The van der Waals surface area contributed by atoms with E-state index < -0.39 is 6.04 Å². The van der Waals surface area contributed by atoms with Crippen LogP contribution in [0.3, 0.4) is 0 Å². The second kappa shape index (κ2) is 9.26. The highest BCUT2D eigenvalue weighted by Crippen LogP contribution is 2.33. The fourth-order valence-corrected chi connectivity index (χ4v) is 3.41. The van der Waals surface area contributed by atoms with Crippen LogP contribution in [0.15, 0.2) is 54.7 Å². The molecule has 0 saturated heterocycles. The van der Waals surface area contributed by atoms with Gasteiger partial charge in [-0.2, -0.15) is 0 Å². The zero-order chi connectivity index (χ0) is 21.7. The third kappa shape index (κ3) is 4.86. The van der Waals surface area contributed by atoms with Crippen molar-refractivity contribution < 1.29 is 19.1 Å². The van der Waals surface area contributed by atoms with E-state index in [0.717, 1.165) is 11.1 Å². The minimum atomic E-state index is -0.400. The summed E-state index contributed by atoms with van der Waals surface area (Å²) in [5.74, 6) is 0.0280. The molecule has 1 aliphatic heterocycles.